The van der Waals surface area contributed by atoms with Gasteiger partial charge in [-0.05, 0) is 93.7 Å². The number of benzene rings is 2. The molecule has 6 heteroatoms. The van der Waals surface area contributed by atoms with Crippen molar-refractivity contribution >= 4 is 5.91 Å². The Bertz CT molecular complexity index is 787. The first-order chi connectivity index (χ1) is 15.0. The molecule has 170 valence electrons. The maximum absolute atomic E-state index is 10.4. The number of likely N-dealkylation sites (tertiary alicyclic amines) is 1. The van der Waals surface area contributed by atoms with Gasteiger partial charge in [-0.2, -0.15) is 0 Å². The Kier molecular flexibility index (Phi) is 10.7. The monoisotopic (exact) mass is 428 g/mol. The highest BCUT2D eigenvalue weighted by Gasteiger charge is 2.10. The van der Waals surface area contributed by atoms with Crippen LogP contribution in [0.2, 0.25) is 0 Å². The lowest BCUT2D eigenvalue weighted by Gasteiger charge is -2.14. The van der Waals surface area contributed by atoms with E-state index in [1.54, 1.807) is 38.5 Å². The van der Waals surface area contributed by atoms with Gasteiger partial charge in [-0.3, -0.25) is 4.79 Å². The van der Waals surface area contributed by atoms with Crippen molar-refractivity contribution < 1.29 is 19.0 Å². The molecule has 0 bridgehead atoms. The fraction of sp³-hybridized carbons (Fsp3) is 0.480. The summed E-state index contributed by atoms with van der Waals surface area (Å²) in [6, 6.07) is 13.7. The van der Waals surface area contributed by atoms with Gasteiger partial charge in [0, 0.05) is 0 Å². The Balaban J connectivity index is 0.000000225. The van der Waals surface area contributed by atoms with Crippen molar-refractivity contribution in [3.63, 3.8) is 0 Å². The van der Waals surface area contributed by atoms with E-state index in [9.17, 15) is 4.79 Å². The number of nitrogens with two attached hydrogens (primary N) is 1. The van der Waals surface area contributed by atoms with E-state index >= 15 is 0 Å². The van der Waals surface area contributed by atoms with Gasteiger partial charge in [-0.15, -0.1) is 0 Å². The van der Waals surface area contributed by atoms with E-state index in [1.807, 2.05) is 0 Å². The van der Waals surface area contributed by atoms with Gasteiger partial charge in [0.1, 0.15) is 17.2 Å². The summed E-state index contributed by atoms with van der Waals surface area (Å²) in [5, 5.41) is 0. The molecule has 0 aliphatic carbocycles. The van der Waals surface area contributed by atoms with E-state index in [0.717, 1.165) is 11.5 Å². The van der Waals surface area contributed by atoms with Crippen molar-refractivity contribution in [1.82, 2.24) is 4.90 Å². The zero-order valence-corrected chi connectivity index (χ0v) is 19.1. The molecule has 1 aliphatic heterocycles. The minimum absolute atomic E-state index is 0.228. The Morgan fingerprint density at radius 2 is 1.68 bits per heavy atom. The van der Waals surface area contributed by atoms with Gasteiger partial charge in [0.2, 0.25) is 5.91 Å². The lowest BCUT2D eigenvalue weighted by Crippen LogP contribution is -2.20. The Morgan fingerprint density at radius 3 is 2.26 bits per heavy atom. The number of amides is 1. The number of ether oxygens (including phenoxy) is 3. The summed E-state index contributed by atoms with van der Waals surface area (Å²) in [7, 11) is 3.33. The molecule has 2 aromatic carbocycles. The van der Waals surface area contributed by atoms with Gasteiger partial charge in [-0.1, -0.05) is 12.1 Å². The minimum atomic E-state index is -0.362. The quantitative estimate of drug-likeness (QED) is 0.620. The molecule has 31 heavy (non-hydrogen) atoms. The first-order valence-electron chi connectivity index (χ1n) is 10.9. The summed E-state index contributed by atoms with van der Waals surface area (Å²) in [4.78, 5) is 13.0. The zero-order valence-electron chi connectivity index (χ0n) is 19.1. The smallest absolute Gasteiger partial charge is 0.220 e. The Morgan fingerprint density at radius 1 is 1.00 bits per heavy atom. The number of carbonyl (C=O) groups excluding carboxylic acids is 1. The SMILES string of the molecule is COc1ccc(CCCN2CCCC2)cc1C.COc1ccc(OCCC(N)=O)cc1. The molecule has 1 saturated heterocycles. The Labute approximate surface area is 186 Å². The fourth-order valence-corrected chi connectivity index (χ4v) is 3.55. The summed E-state index contributed by atoms with van der Waals surface area (Å²) in [5.74, 6) is 2.10. The van der Waals surface area contributed by atoms with E-state index in [-0.39, 0.29) is 12.3 Å². The highest BCUT2D eigenvalue weighted by atomic mass is 16.5. The second-order valence-corrected chi connectivity index (χ2v) is 7.70. The number of carbonyl (C=O) groups is 1. The summed E-state index contributed by atoms with van der Waals surface area (Å²) < 4.78 is 15.5. The van der Waals surface area contributed by atoms with Crippen molar-refractivity contribution in [2.75, 3.05) is 40.5 Å². The molecule has 2 N–H and O–H groups in total. The molecule has 2 aromatic rings. The summed E-state index contributed by atoms with van der Waals surface area (Å²) in [6.45, 7) is 6.29. The maximum atomic E-state index is 10.4. The lowest BCUT2D eigenvalue weighted by molar-refractivity contribution is -0.118. The van der Waals surface area contributed by atoms with Crippen molar-refractivity contribution in [2.24, 2.45) is 5.73 Å². The number of aryl methyl sites for hydroxylation is 2. The van der Waals surface area contributed by atoms with Gasteiger partial charge in [0.15, 0.2) is 0 Å². The number of hydrogen-bond acceptors (Lipinski definition) is 5. The highest BCUT2D eigenvalue weighted by molar-refractivity contribution is 5.73. The van der Waals surface area contributed by atoms with Gasteiger partial charge >= 0.3 is 0 Å². The molecule has 0 radical (unpaired) electrons. The lowest BCUT2D eigenvalue weighted by atomic mass is 10.1. The second-order valence-electron chi connectivity index (χ2n) is 7.70. The molecular formula is C25H36N2O4. The first-order valence-corrected chi connectivity index (χ1v) is 10.9. The van der Waals surface area contributed by atoms with Gasteiger partial charge in [0.05, 0.1) is 27.2 Å². The van der Waals surface area contributed by atoms with Crippen LogP contribution >= 0.6 is 0 Å². The van der Waals surface area contributed by atoms with Crippen molar-refractivity contribution in [3.05, 3.63) is 53.6 Å². The maximum Gasteiger partial charge on any atom is 0.220 e. The van der Waals surface area contributed by atoms with Crippen LogP contribution in [-0.4, -0.2) is 51.3 Å². The van der Waals surface area contributed by atoms with Crippen molar-refractivity contribution in [2.45, 2.75) is 39.0 Å². The van der Waals surface area contributed by atoms with Crippen LogP contribution in [-0.2, 0) is 11.2 Å². The van der Waals surface area contributed by atoms with Crippen LogP contribution in [0.4, 0.5) is 0 Å². The predicted molar refractivity (Wildman–Crippen MR) is 124 cm³/mol. The third kappa shape index (κ3) is 9.30. The van der Waals surface area contributed by atoms with Crippen LogP contribution < -0.4 is 19.9 Å². The zero-order chi connectivity index (χ0) is 22.5. The fourth-order valence-electron chi connectivity index (χ4n) is 3.55. The van der Waals surface area contributed by atoms with E-state index in [4.69, 9.17) is 19.9 Å². The molecule has 0 saturated carbocycles. The average molecular weight is 429 g/mol. The third-order valence-electron chi connectivity index (χ3n) is 5.27. The van der Waals surface area contributed by atoms with Crippen molar-refractivity contribution in [3.8, 4) is 17.2 Å². The van der Waals surface area contributed by atoms with Crippen LogP contribution in [0, 0.1) is 6.92 Å². The number of hydrogen-bond donors (Lipinski definition) is 1. The normalized spacial score (nSPS) is 13.3. The number of primary amides is 1. The molecule has 1 fully saturated rings. The Hall–Kier alpha value is -2.73. The first kappa shape index (κ1) is 24.5. The minimum Gasteiger partial charge on any atom is -0.497 e. The molecule has 1 amide bonds. The van der Waals surface area contributed by atoms with Crippen molar-refractivity contribution in [1.29, 1.82) is 0 Å². The predicted octanol–water partition coefficient (Wildman–Crippen LogP) is 3.98. The highest BCUT2D eigenvalue weighted by Crippen LogP contribution is 2.20. The molecular weight excluding hydrogens is 392 g/mol. The van der Waals surface area contributed by atoms with Crippen LogP contribution in [0.25, 0.3) is 0 Å². The van der Waals surface area contributed by atoms with E-state index in [0.29, 0.717) is 12.4 Å². The van der Waals surface area contributed by atoms with Crippen LogP contribution in [0.15, 0.2) is 42.5 Å². The molecule has 0 spiro atoms. The average Bonchev–Trinajstić information content (AvgIpc) is 3.28. The van der Waals surface area contributed by atoms with Crippen LogP contribution in [0.5, 0.6) is 17.2 Å². The summed E-state index contributed by atoms with van der Waals surface area (Å²) in [6.07, 6.45) is 5.46. The molecule has 0 unspecified atom stereocenters. The van der Waals surface area contributed by atoms with E-state index in [2.05, 4.69) is 30.0 Å². The molecule has 1 aliphatic rings. The largest absolute Gasteiger partial charge is 0.497 e. The number of rotatable bonds is 10. The molecule has 0 aromatic heterocycles. The van der Waals surface area contributed by atoms with Gasteiger partial charge < -0.3 is 24.8 Å². The molecule has 6 nitrogen and oxygen atoms in total. The topological polar surface area (TPSA) is 74.0 Å². The number of nitrogens with zero attached hydrogens (tertiary/aromatic N) is 1. The van der Waals surface area contributed by atoms with E-state index < -0.39 is 0 Å². The summed E-state index contributed by atoms with van der Waals surface area (Å²) >= 11 is 0. The van der Waals surface area contributed by atoms with Crippen LogP contribution in [0.1, 0.15) is 36.8 Å². The number of methoxy groups -OCH3 is 2. The van der Waals surface area contributed by atoms with E-state index in [1.165, 1.54) is 56.4 Å². The van der Waals surface area contributed by atoms with Crippen LogP contribution in [0.3, 0.4) is 0 Å². The second kappa shape index (κ2) is 13.5. The summed E-state index contributed by atoms with van der Waals surface area (Å²) in [5.41, 5.74) is 7.64. The molecule has 1 heterocycles. The standard InChI is InChI=1S/C15H23NO.C10H13NO3/c1-13-12-14(7-8-15(13)17-2)6-5-11-16-9-3-4-10-16;1-13-8-2-4-9(5-3-8)14-7-6-10(11)12/h7-8,12H,3-6,9-11H2,1-2H3;2-5H,6-7H2,1H3,(H2,11,12). The third-order valence-corrected chi connectivity index (χ3v) is 5.27. The van der Waals surface area contributed by atoms with Gasteiger partial charge in [0.25, 0.3) is 0 Å². The van der Waals surface area contributed by atoms with Gasteiger partial charge in [-0.25, -0.2) is 0 Å². The molecule has 3 rings (SSSR count). The molecule has 0 atom stereocenters.